The van der Waals surface area contributed by atoms with Crippen molar-refractivity contribution in [1.82, 2.24) is 4.90 Å². The number of sulfone groups is 1. The van der Waals surface area contributed by atoms with Gasteiger partial charge in [-0.25, -0.2) is 17.6 Å². The number of fused-ring (bicyclic) bond motifs is 1. The summed E-state index contributed by atoms with van der Waals surface area (Å²) in [5.74, 6) is -1.49. The molecule has 0 aromatic heterocycles. The SMILES string of the molecule is COC(=O)C1=CN(C2CC2)c2cc(N3CCC(N4CCCCC4)CC3)c(F)cc2S1(=O)=O. The molecule has 0 atom stereocenters. The Labute approximate surface area is 188 Å². The molecule has 0 unspecified atom stereocenters. The van der Waals surface area contributed by atoms with Crippen molar-refractivity contribution in [2.75, 3.05) is 43.1 Å². The van der Waals surface area contributed by atoms with Gasteiger partial charge in [-0.3, -0.25) is 0 Å². The number of ether oxygens (including phenoxy) is 1. The topological polar surface area (TPSA) is 70.2 Å². The Morgan fingerprint density at radius 1 is 0.969 bits per heavy atom. The van der Waals surface area contributed by atoms with Gasteiger partial charge in [-0.2, -0.15) is 0 Å². The van der Waals surface area contributed by atoms with Gasteiger partial charge in [0.15, 0.2) is 4.91 Å². The van der Waals surface area contributed by atoms with Crippen LogP contribution in [0.15, 0.2) is 28.1 Å². The number of esters is 1. The number of anilines is 2. The van der Waals surface area contributed by atoms with Crippen molar-refractivity contribution in [3.8, 4) is 0 Å². The number of nitrogens with zero attached hydrogens (tertiary/aromatic N) is 3. The molecule has 0 amide bonds. The summed E-state index contributed by atoms with van der Waals surface area (Å²) in [6.45, 7) is 3.80. The molecule has 9 heteroatoms. The first-order valence-corrected chi connectivity index (χ1v) is 13.0. The summed E-state index contributed by atoms with van der Waals surface area (Å²) < 4.78 is 46.1. The van der Waals surface area contributed by atoms with Gasteiger partial charge >= 0.3 is 5.97 Å². The van der Waals surface area contributed by atoms with Crippen molar-refractivity contribution >= 4 is 27.2 Å². The van der Waals surface area contributed by atoms with E-state index in [2.05, 4.69) is 9.64 Å². The maximum Gasteiger partial charge on any atom is 0.351 e. The largest absolute Gasteiger partial charge is 0.465 e. The molecule has 0 radical (unpaired) electrons. The van der Waals surface area contributed by atoms with Crippen LogP contribution in [0.5, 0.6) is 0 Å². The van der Waals surface area contributed by atoms with E-state index in [1.54, 1.807) is 6.07 Å². The Balaban J connectivity index is 1.43. The number of hydrogen-bond donors (Lipinski definition) is 0. The minimum Gasteiger partial charge on any atom is -0.465 e. The number of hydrogen-bond acceptors (Lipinski definition) is 7. The molecule has 1 aromatic carbocycles. The molecule has 3 fully saturated rings. The highest BCUT2D eigenvalue weighted by molar-refractivity contribution is 7.96. The zero-order chi connectivity index (χ0) is 22.5. The quantitative estimate of drug-likeness (QED) is 0.636. The van der Waals surface area contributed by atoms with Gasteiger partial charge in [-0.1, -0.05) is 6.42 Å². The van der Waals surface area contributed by atoms with Crippen molar-refractivity contribution in [1.29, 1.82) is 0 Å². The second kappa shape index (κ2) is 8.33. The molecule has 174 valence electrons. The summed E-state index contributed by atoms with van der Waals surface area (Å²) >= 11 is 0. The molecule has 32 heavy (non-hydrogen) atoms. The maximum atomic E-state index is 15.2. The molecular weight excluding hydrogens is 433 g/mol. The molecule has 4 aliphatic rings. The first kappa shape index (κ1) is 21.7. The van der Waals surface area contributed by atoms with Crippen LogP contribution in [-0.2, 0) is 19.4 Å². The third kappa shape index (κ3) is 3.79. The summed E-state index contributed by atoms with van der Waals surface area (Å²) in [6.07, 6.45) is 8.95. The van der Waals surface area contributed by atoms with E-state index in [0.717, 1.165) is 65.0 Å². The van der Waals surface area contributed by atoms with Crippen LogP contribution in [-0.4, -0.2) is 64.7 Å². The maximum absolute atomic E-state index is 15.2. The minimum absolute atomic E-state index is 0.118. The second-order valence-electron chi connectivity index (χ2n) is 9.21. The van der Waals surface area contributed by atoms with Gasteiger partial charge < -0.3 is 19.4 Å². The molecule has 2 saturated heterocycles. The highest BCUT2D eigenvalue weighted by Crippen LogP contribution is 2.44. The Morgan fingerprint density at radius 2 is 1.66 bits per heavy atom. The molecule has 7 nitrogen and oxygen atoms in total. The predicted molar refractivity (Wildman–Crippen MR) is 120 cm³/mol. The summed E-state index contributed by atoms with van der Waals surface area (Å²) in [5, 5.41) is 0. The highest BCUT2D eigenvalue weighted by atomic mass is 32.2. The highest BCUT2D eigenvalue weighted by Gasteiger charge is 2.42. The summed E-state index contributed by atoms with van der Waals surface area (Å²) in [7, 11) is -3.00. The fourth-order valence-corrected chi connectivity index (χ4v) is 6.74. The first-order valence-electron chi connectivity index (χ1n) is 11.6. The normalized spacial score (nSPS) is 24.1. The van der Waals surface area contributed by atoms with E-state index in [0.29, 0.717) is 17.4 Å². The van der Waals surface area contributed by atoms with Crippen LogP contribution in [0.25, 0.3) is 0 Å². The zero-order valence-corrected chi connectivity index (χ0v) is 19.2. The predicted octanol–water partition coefficient (Wildman–Crippen LogP) is 3.05. The van der Waals surface area contributed by atoms with Crippen LogP contribution in [0.4, 0.5) is 15.8 Å². The number of carbonyl (C=O) groups excluding carboxylic acids is 1. The lowest BCUT2D eigenvalue weighted by Crippen LogP contribution is -2.47. The third-order valence-electron chi connectivity index (χ3n) is 7.18. The van der Waals surface area contributed by atoms with Crippen LogP contribution in [0.1, 0.15) is 44.9 Å². The molecule has 1 saturated carbocycles. The van der Waals surface area contributed by atoms with E-state index in [-0.39, 0.29) is 10.9 Å². The second-order valence-corrected chi connectivity index (χ2v) is 11.1. The van der Waals surface area contributed by atoms with E-state index in [1.807, 2.05) is 9.80 Å². The Hall–Kier alpha value is -2.13. The van der Waals surface area contributed by atoms with Crippen LogP contribution in [0.3, 0.4) is 0 Å². The van der Waals surface area contributed by atoms with Gasteiger partial charge in [0.2, 0.25) is 9.84 Å². The minimum atomic E-state index is -4.15. The van der Waals surface area contributed by atoms with E-state index in [1.165, 1.54) is 25.5 Å². The molecule has 0 N–H and O–H groups in total. The van der Waals surface area contributed by atoms with Gasteiger partial charge in [0.25, 0.3) is 0 Å². The molecule has 0 bridgehead atoms. The Kier molecular flexibility index (Phi) is 5.65. The van der Waals surface area contributed by atoms with Crippen LogP contribution < -0.4 is 9.80 Å². The number of carbonyl (C=O) groups is 1. The Morgan fingerprint density at radius 3 is 2.28 bits per heavy atom. The number of rotatable bonds is 4. The lowest BCUT2D eigenvalue weighted by Gasteiger charge is -2.41. The van der Waals surface area contributed by atoms with Crippen molar-refractivity contribution in [3.63, 3.8) is 0 Å². The smallest absolute Gasteiger partial charge is 0.351 e. The molecular formula is C23H30FN3O4S. The van der Waals surface area contributed by atoms with Gasteiger partial charge in [0.05, 0.1) is 23.4 Å². The number of halogens is 1. The van der Waals surface area contributed by atoms with Crippen molar-refractivity contribution in [2.24, 2.45) is 0 Å². The number of likely N-dealkylation sites (tertiary alicyclic amines) is 1. The molecule has 1 aromatic rings. The van der Waals surface area contributed by atoms with Crippen molar-refractivity contribution < 1.29 is 22.3 Å². The van der Waals surface area contributed by atoms with E-state index in [9.17, 15) is 13.2 Å². The van der Waals surface area contributed by atoms with Gasteiger partial charge in [0.1, 0.15) is 5.82 Å². The average Bonchev–Trinajstić information content (AvgIpc) is 3.65. The molecule has 0 spiro atoms. The number of methoxy groups -OCH3 is 1. The van der Waals surface area contributed by atoms with E-state index >= 15 is 4.39 Å². The van der Waals surface area contributed by atoms with E-state index in [4.69, 9.17) is 0 Å². The first-order chi connectivity index (χ1) is 15.4. The van der Waals surface area contributed by atoms with Crippen LogP contribution >= 0.6 is 0 Å². The Bertz CT molecular complexity index is 1040. The summed E-state index contributed by atoms with van der Waals surface area (Å²) in [5.41, 5.74) is 0.895. The van der Waals surface area contributed by atoms with E-state index < -0.39 is 26.5 Å². The summed E-state index contributed by atoms with van der Waals surface area (Å²) in [4.78, 5) is 18.0. The van der Waals surface area contributed by atoms with Crippen molar-refractivity contribution in [2.45, 2.75) is 61.9 Å². The van der Waals surface area contributed by atoms with Gasteiger partial charge in [0, 0.05) is 31.4 Å². The van der Waals surface area contributed by atoms with Crippen molar-refractivity contribution in [3.05, 3.63) is 29.1 Å². The summed E-state index contributed by atoms with van der Waals surface area (Å²) in [6, 6.07) is 3.40. The molecule has 3 heterocycles. The third-order valence-corrected chi connectivity index (χ3v) is 8.94. The van der Waals surface area contributed by atoms with Crippen LogP contribution in [0.2, 0.25) is 0 Å². The molecule has 3 aliphatic heterocycles. The number of piperidine rings is 2. The fourth-order valence-electron chi connectivity index (χ4n) is 5.25. The van der Waals surface area contributed by atoms with Gasteiger partial charge in [-0.05, 0) is 63.7 Å². The zero-order valence-electron chi connectivity index (χ0n) is 18.4. The lowest BCUT2D eigenvalue weighted by molar-refractivity contribution is -0.135. The monoisotopic (exact) mass is 463 g/mol. The fraction of sp³-hybridized carbons (Fsp3) is 0.609. The number of benzene rings is 1. The van der Waals surface area contributed by atoms with Gasteiger partial charge in [-0.15, -0.1) is 0 Å². The lowest BCUT2D eigenvalue weighted by atomic mass is 9.99. The molecule has 5 rings (SSSR count). The standard InChI is InChI=1S/C23H30FN3O4S/c1-31-23(28)22-15-27(17-5-6-17)20-14-19(18(24)13-21(20)32(22,29)30)26-11-7-16(8-12-26)25-9-3-2-4-10-25/h13-17H,2-12H2,1H3. The average molecular weight is 464 g/mol. The molecule has 1 aliphatic carbocycles. The van der Waals surface area contributed by atoms with Crippen LogP contribution in [0, 0.1) is 5.82 Å².